The molecule has 0 amide bonds. The molecule has 6 nitrogen and oxygen atoms in total. The summed E-state index contributed by atoms with van der Waals surface area (Å²) in [7, 11) is 0. The lowest BCUT2D eigenvalue weighted by atomic mass is 9.96. The molecule has 0 aromatic carbocycles. The molecular formula is C14H19N3O3. The van der Waals surface area contributed by atoms with Crippen LogP contribution in [0.5, 0.6) is 0 Å². The number of ether oxygens (including phenoxy) is 1. The minimum Gasteiger partial charge on any atom is -0.466 e. The van der Waals surface area contributed by atoms with Gasteiger partial charge in [-0.15, -0.1) is 0 Å². The molecule has 1 saturated carbocycles. The van der Waals surface area contributed by atoms with Crippen molar-refractivity contribution in [2.45, 2.75) is 45.3 Å². The van der Waals surface area contributed by atoms with E-state index < -0.39 is 0 Å². The molecule has 1 atom stereocenters. The second-order valence-corrected chi connectivity index (χ2v) is 5.28. The van der Waals surface area contributed by atoms with Crippen molar-refractivity contribution >= 4 is 0 Å². The maximum atomic E-state index is 6.02. The molecule has 2 heterocycles. The SMILES string of the molecule is Cc1cc(-c2nc(C(N)COC3CCC3)no2)c(C)o1. The van der Waals surface area contributed by atoms with Gasteiger partial charge in [0, 0.05) is 0 Å². The van der Waals surface area contributed by atoms with Crippen molar-refractivity contribution in [3.05, 3.63) is 23.4 Å². The molecule has 1 aliphatic carbocycles. The number of aromatic nitrogens is 2. The van der Waals surface area contributed by atoms with Gasteiger partial charge in [0.25, 0.3) is 5.89 Å². The lowest BCUT2D eigenvalue weighted by Gasteiger charge is -2.26. The third kappa shape index (κ3) is 2.62. The largest absolute Gasteiger partial charge is 0.466 e. The van der Waals surface area contributed by atoms with Gasteiger partial charge >= 0.3 is 0 Å². The second kappa shape index (κ2) is 5.38. The third-order valence-electron chi connectivity index (χ3n) is 3.61. The average Bonchev–Trinajstić information content (AvgIpc) is 2.93. The zero-order chi connectivity index (χ0) is 14.1. The van der Waals surface area contributed by atoms with Gasteiger partial charge in [-0.05, 0) is 39.2 Å². The van der Waals surface area contributed by atoms with Crippen molar-refractivity contribution in [3.63, 3.8) is 0 Å². The first-order valence-corrected chi connectivity index (χ1v) is 6.91. The molecule has 0 aliphatic heterocycles. The molecule has 108 valence electrons. The summed E-state index contributed by atoms with van der Waals surface area (Å²) >= 11 is 0. The molecular weight excluding hydrogens is 258 g/mol. The van der Waals surface area contributed by atoms with Gasteiger partial charge in [-0.2, -0.15) is 4.98 Å². The fraction of sp³-hybridized carbons (Fsp3) is 0.571. The minimum atomic E-state index is -0.360. The molecule has 0 radical (unpaired) electrons. The Morgan fingerprint density at radius 3 is 2.85 bits per heavy atom. The zero-order valence-electron chi connectivity index (χ0n) is 11.8. The number of aryl methyl sites for hydroxylation is 2. The molecule has 0 saturated heterocycles. The van der Waals surface area contributed by atoms with Gasteiger partial charge in [0.15, 0.2) is 5.82 Å². The molecule has 0 bridgehead atoms. The van der Waals surface area contributed by atoms with Gasteiger partial charge in [-0.1, -0.05) is 5.16 Å². The van der Waals surface area contributed by atoms with Crippen LogP contribution in [0.2, 0.25) is 0 Å². The standard InChI is InChI=1S/C14H19N3O3/c1-8-6-11(9(2)19-8)14-16-13(17-20-14)12(15)7-18-10-4-3-5-10/h6,10,12H,3-5,7,15H2,1-2H3. The predicted octanol–water partition coefficient (Wildman–Crippen LogP) is 2.52. The van der Waals surface area contributed by atoms with Crippen molar-refractivity contribution in [2.75, 3.05) is 6.61 Å². The Morgan fingerprint density at radius 1 is 1.45 bits per heavy atom. The van der Waals surface area contributed by atoms with E-state index in [1.807, 2.05) is 19.9 Å². The van der Waals surface area contributed by atoms with Crippen LogP contribution < -0.4 is 5.73 Å². The summed E-state index contributed by atoms with van der Waals surface area (Å²) in [6.07, 6.45) is 3.84. The van der Waals surface area contributed by atoms with E-state index in [0.717, 1.165) is 29.9 Å². The van der Waals surface area contributed by atoms with E-state index in [9.17, 15) is 0 Å². The smallest absolute Gasteiger partial charge is 0.261 e. The lowest BCUT2D eigenvalue weighted by Crippen LogP contribution is -2.27. The Labute approximate surface area is 117 Å². The van der Waals surface area contributed by atoms with Gasteiger partial charge in [-0.3, -0.25) is 0 Å². The van der Waals surface area contributed by atoms with E-state index >= 15 is 0 Å². The quantitative estimate of drug-likeness (QED) is 0.903. The predicted molar refractivity (Wildman–Crippen MR) is 72.0 cm³/mol. The second-order valence-electron chi connectivity index (χ2n) is 5.28. The number of hydrogen-bond donors (Lipinski definition) is 1. The third-order valence-corrected chi connectivity index (χ3v) is 3.61. The van der Waals surface area contributed by atoms with Gasteiger partial charge in [-0.25, -0.2) is 0 Å². The highest BCUT2D eigenvalue weighted by Crippen LogP contribution is 2.26. The summed E-state index contributed by atoms with van der Waals surface area (Å²) in [5, 5.41) is 3.93. The summed E-state index contributed by atoms with van der Waals surface area (Å²) in [4.78, 5) is 4.33. The Hall–Kier alpha value is -1.66. The molecule has 1 aliphatic rings. The summed E-state index contributed by atoms with van der Waals surface area (Å²) < 4.78 is 16.4. The van der Waals surface area contributed by atoms with Crippen LogP contribution in [0.4, 0.5) is 0 Å². The monoisotopic (exact) mass is 277 g/mol. The number of rotatable bonds is 5. The van der Waals surface area contributed by atoms with Gasteiger partial charge in [0.2, 0.25) is 0 Å². The highest BCUT2D eigenvalue weighted by molar-refractivity contribution is 5.56. The van der Waals surface area contributed by atoms with Crippen LogP contribution in [0.3, 0.4) is 0 Å². The molecule has 2 aromatic rings. The Bertz CT molecular complexity index is 586. The van der Waals surface area contributed by atoms with E-state index in [-0.39, 0.29) is 6.04 Å². The van der Waals surface area contributed by atoms with E-state index in [2.05, 4.69) is 10.1 Å². The Kier molecular flexibility index (Phi) is 3.58. The first-order chi connectivity index (χ1) is 9.63. The molecule has 6 heteroatoms. The van der Waals surface area contributed by atoms with Crippen LogP contribution in [0.1, 0.15) is 42.6 Å². The van der Waals surface area contributed by atoms with Gasteiger partial charge in [0.05, 0.1) is 24.3 Å². The number of nitrogens with zero attached hydrogens (tertiary/aromatic N) is 2. The maximum absolute atomic E-state index is 6.02. The van der Waals surface area contributed by atoms with Crippen LogP contribution in [0, 0.1) is 13.8 Å². The van der Waals surface area contributed by atoms with Crippen LogP contribution in [0.25, 0.3) is 11.5 Å². The Morgan fingerprint density at radius 2 is 2.25 bits per heavy atom. The summed E-state index contributed by atoms with van der Waals surface area (Å²) in [6, 6.07) is 1.52. The highest BCUT2D eigenvalue weighted by Gasteiger charge is 2.22. The lowest BCUT2D eigenvalue weighted by molar-refractivity contribution is -0.00549. The van der Waals surface area contributed by atoms with E-state index in [1.54, 1.807) is 0 Å². The first-order valence-electron chi connectivity index (χ1n) is 6.91. The zero-order valence-corrected chi connectivity index (χ0v) is 11.8. The normalized spacial score (nSPS) is 17.1. The molecule has 2 N–H and O–H groups in total. The maximum Gasteiger partial charge on any atom is 0.261 e. The molecule has 1 fully saturated rings. The summed E-state index contributed by atoms with van der Waals surface area (Å²) in [5.41, 5.74) is 6.84. The van der Waals surface area contributed by atoms with Crippen LogP contribution in [0.15, 0.2) is 15.0 Å². The minimum absolute atomic E-state index is 0.353. The van der Waals surface area contributed by atoms with E-state index in [4.69, 9.17) is 19.4 Å². The summed E-state index contributed by atoms with van der Waals surface area (Å²) in [5.74, 6) is 2.48. The van der Waals surface area contributed by atoms with Crippen LogP contribution in [-0.4, -0.2) is 22.9 Å². The van der Waals surface area contributed by atoms with Crippen LogP contribution in [-0.2, 0) is 4.74 Å². The summed E-state index contributed by atoms with van der Waals surface area (Å²) in [6.45, 7) is 4.17. The number of hydrogen-bond acceptors (Lipinski definition) is 6. The van der Waals surface area contributed by atoms with E-state index in [1.165, 1.54) is 6.42 Å². The molecule has 20 heavy (non-hydrogen) atoms. The average molecular weight is 277 g/mol. The highest BCUT2D eigenvalue weighted by atomic mass is 16.5. The van der Waals surface area contributed by atoms with Crippen molar-refractivity contribution < 1.29 is 13.7 Å². The van der Waals surface area contributed by atoms with Crippen LogP contribution >= 0.6 is 0 Å². The van der Waals surface area contributed by atoms with Crippen molar-refractivity contribution in [1.29, 1.82) is 0 Å². The van der Waals surface area contributed by atoms with Gasteiger partial charge in [0.1, 0.15) is 11.5 Å². The van der Waals surface area contributed by atoms with E-state index in [0.29, 0.717) is 24.4 Å². The fourth-order valence-electron chi connectivity index (χ4n) is 2.19. The fourth-order valence-corrected chi connectivity index (χ4v) is 2.19. The van der Waals surface area contributed by atoms with Crippen molar-refractivity contribution in [1.82, 2.24) is 10.1 Å². The van der Waals surface area contributed by atoms with Crippen molar-refractivity contribution in [2.24, 2.45) is 5.73 Å². The Balaban J connectivity index is 1.67. The molecule has 2 aromatic heterocycles. The molecule has 0 spiro atoms. The molecule has 1 unspecified atom stereocenters. The number of furan rings is 1. The number of nitrogens with two attached hydrogens (primary N) is 1. The first kappa shape index (κ1) is 13.3. The van der Waals surface area contributed by atoms with Gasteiger partial charge < -0.3 is 19.4 Å². The van der Waals surface area contributed by atoms with Crippen molar-refractivity contribution in [3.8, 4) is 11.5 Å². The molecule has 3 rings (SSSR count). The topological polar surface area (TPSA) is 87.3 Å².